The van der Waals surface area contributed by atoms with Crippen LogP contribution in [0, 0.1) is 0 Å². The van der Waals surface area contributed by atoms with Gasteiger partial charge in [-0.25, -0.2) is 4.98 Å². The molecule has 1 aromatic heterocycles. The number of pyridine rings is 1. The highest BCUT2D eigenvalue weighted by atomic mass is 79.9. The van der Waals surface area contributed by atoms with Gasteiger partial charge < -0.3 is 5.32 Å². The third-order valence-electron chi connectivity index (χ3n) is 1.78. The predicted octanol–water partition coefficient (Wildman–Crippen LogP) is 2.89. The van der Waals surface area contributed by atoms with Crippen molar-refractivity contribution in [3.63, 3.8) is 0 Å². The number of aromatic nitrogens is 1. The Hall–Kier alpha value is 0.0700. The van der Waals surface area contributed by atoms with Gasteiger partial charge in [0.1, 0.15) is 4.60 Å². The van der Waals surface area contributed by atoms with Crippen LogP contribution in [-0.2, 0) is 0 Å². The Kier molecular flexibility index (Phi) is 3.68. The number of nitrogens with one attached hydrogen (secondary N) is 1. The molecule has 0 spiro atoms. The Morgan fingerprint density at radius 2 is 2.17 bits per heavy atom. The molecule has 4 heteroatoms. The highest BCUT2D eigenvalue weighted by Gasteiger charge is 2.09. The van der Waals surface area contributed by atoms with E-state index in [-0.39, 0.29) is 0 Å². The summed E-state index contributed by atoms with van der Waals surface area (Å²) in [6.07, 6.45) is 1.79. The third-order valence-corrected chi connectivity index (χ3v) is 3.74. The van der Waals surface area contributed by atoms with Crippen molar-refractivity contribution < 1.29 is 0 Å². The molecule has 66 valence electrons. The monoisotopic (exact) mass is 292 g/mol. The lowest BCUT2D eigenvalue weighted by Crippen LogP contribution is -2.13. The molecule has 0 saturated carbocycles. The van der Waals surface area contributed by atoms with Crippen molar-refractivity contribution in [3.8, 4) is 0 Å². The van der Waals surface area contributed by atoms with Crippen LogP contribution in [0.1, 0.15) is 18.5 Å². The number of nitrogens with zero attached hydrogens (tertiary/aromatic N) is 1. The van der Waals surface area contributed by atoms with E-state index in [1.165, 1.54) is 5.56 Å². The first-order chi connectivity index (χ1) is 5.66. The van der Waals surface area contributed by atoms with E-state index in [1.54, 1.807) is 6.20 Å². The first kappa shape index (κ1) is 10.2. The maximum Gasteiger partial charge on any atom is 0.120 e. The van der Waals surface area contributed by atoms with E-state index in [1.807, 2.05) is 13.1 Å². The van der Waals surface area contributed by atoms with Crippen molar-refractivity contribution in [1.82, 2.24) is 10.3 Å². The van der Waals surface area contributed by atoms with Crippen molar-refractivity contribution in [2.75, 3.05) is 7.05 Å². The van der Waals surface area contributed by atoms with Gasteiger partial charge in [-0.2, -0.15) is 0 Å². The van der Waals surface area contributed by atoms with Crippen molar-refractivity contribution in [2.24, 2.45) is 0 Å². The quantitative estimate of drug-likeness (QED) is 0.848. The molecule has 1 rings (SSSR count). The molecule has 0 bridgehead atoms. The first-order valence-corrected chi connectivity index (χ1v) is 5.22. The molecular weight excluding hydrogens is 284 g/mol. The first-order valence-electron chi connectivity index (χ1n) is 3.64. The van der Waals surface area contributed by atoms with Crippen molar-refractivity contribution >= 4 is 31.9 Å². The Balaban J connectivity index is 3.07. The summed E-state index contributed by atoms with van der Waals surface area (Å²) in [6, 6.07) is 2.33. The molecule has 2 nitrogen and oxygen atoms in total. The van der Waals surface area contributed by atoms with Crippen molar-refractivity contribution in [2.45, 2.75) is 13.0 Å². The van der Waals surface area contributed by atoms with Gasteiger partial charge in [0.05, 0.1) is 4.47 Å². The second-order valence-electron chi connectivity index (χ2n) is 2.52. The normalized spacial score (nSPS) is 13.0. The van der Waals surface area contributed by atoms with Gasteiger partial charge in [-0.05, 0) is 57.5 Å². The molecular formula is C8H10Br2N2. The van der Waals surface area contributed by atoms with E-state index in [2.05, 4.69) is 49.1 Å². The lowest BCUT2D eigenvalue weighted by molar-refractivity contribution is 0.648. The maximum absolute atomic E-state index is 4.10. The van der Waals surface area contributed by atoms with Crippen LogP contribution in [0.25, 0.3) is 0 Å². The van der Waals surface area contributed by atoms with Crippen molar-refractivity contribution in [3.05, 3.63) is 26.9 Å². The second kappa shape index (κ2) is 4.35. The largest absolute Gasteiger partial charge is 0.313 e. The van der Waals surface area contributed by atoms with Crippen LogP contribution in [0.3, 0.4) is 0 Å². The Bertz CT molecular complexity index is 276. The Labute approximate surface area is 89.0 Å². The molecule has 0 saturated heterocycles. The fourth-order valence-electron chi connectivity index (χ4n) is 0.922. The number of halogens is 2. The van der Waals surface area contributed by atoms with E-state index < -0.39 is 0 Å². The Morgan fingerprint density at radius 1 is 1.50 bits per heavy atom. The summed E-state index contributed by atoms with van der Waals surface area (Å²) in [5, 5.41) is 3.17. The molecule has 0 aliphatic rings. The Morgan fingerprint density at radius 3 is 2.75 bits per heavy atom. The lowest BCUT2D eigenvalue weighted by atomic mass is 10.1. The molecule has 0 fully saturated rings. The second-order valence-corrected chi connectivity index (χ2v) is 4.06. The fraction of sp³-hybridized carbons (Fsp3) is 0.375. The van der Waals surface area contributed by atoms with Crippen LogP contribution in [0.15, 0.2) is 21.3 Å². The molecule has 0 radical (unpaired) electrons. The molecule has 0 aromatic carbocycles. The minimum atomic E-state index is 0.332. The third kappa shape index (κ3) is 2.06. The SMILES string of the molecule is CN[C@@H](C)c1ccnc(Br)c1Br. The average molecular weight is 294 g/mol. The molecule has 1 N–H and O–H groups in total. The van der Waals surface area contributed by atoms with Gasteiger partial charge in [0.25, 0.3) is 0 Å². The van der Waals surface area contributed by atoms with Crippen LogP contribution >= 0.6 is 31.9 Å². The van der Waals surface area contributed by atoms with Crippen LogP contribution in [0.4, 0.5) is 0 Å². The lowest BCUT2D eigenvalue weighted by Gasteiger charge is -2.12. The van der Waals surface area contributed by atoms with Gasteiger partial charge in [0.2, 0.25) is 0 Å². The summed E-state index contributed by atoms with van der Waals surface area (Å²) in [5.41, 5.74) is 1.21. The topological polar surface area (TPSA) is 24.9 Å². The molecule has 1 aromatic rings. The maximum atomic E-state index is 4.10. The standard InChI is InChI=1S/C8H10Br2N2/c1-5(11-2)6-3-4-12-8(10)7(6)9/h3-5,11H,1-2H3/t5-/m0/s1. The van der Waals surface area contributed by atoms with E-state index in [4.69, 9.17) is 0 Å². The zero-order chi connectivity index (χ0) is 9.14. The highest BCUT2D eigenvalue weighted by molar-refractivity contribution is 9.13. The van der Waals surface area contributed by atoms with Crippen LogP contribution in [-0.4, -0.2) is 12.0 Å². The van der Waals surface area contributed by atoms with E-state index in [9.17, 15) is 0 Å². The zero-order valence-corrected chi connectivity index (χ0v) is 10.1. The molecule has 1 atom stereocenters. The van der Waals surface area contributed by atoms with Gasteiger partial charge in [0.15, 0.2) is 0 Å². The molecule has 12 heavy (non-hydrogen) atoms. The van der Waals surface area contributed by atoms with Gasteiger partial charge in [-0.15, -0.1) is 0 Å². The van der Waals surface area contributed by atoms with E-state index in [0.29, 0.717) is 6.04 Å². The van der Waals surface area contributed by atoms with Crippen LogP contribution < -0.4 is 5.32 Å². The summed E-state index contributed by atoms with van der Waals surface area (Å²) in [7, 11) is 1.94. The minimum absolute atomic E-state index is 0.332. The summed E-state index contributed by atoms with van der Waals surface area (Å²) >= 11 is 6.83. The summed E-state index contributed by atoms with van der Waals surface area (Å²) in [6.45, 7) is 2.10. The number of hydrogen-bond acceptors (Lipinski definition) is 2. The van der Waals surface area contributed by atoms with Gasteiger partial charge >= 0.3 is 0 Å². The van der Waals surface area contributed by atoms with Gasteiger partial charge in [0, 0.05) is 12.2 Å². The minimum Gasteiger partial charge on any atom is -0.313 e. The van der Waals surface area contributed by atoms with E-state index in [0.717, 1.165) is 9.08 Å². The van der Waals surface area contributed by atoms with Crippen LogP contribution in [0.2, 0.25) is 0 Å². The number of rotatable bonds is 2. The molecule has 0 aliphatic heterocycles. The fourth-order valence-corrected chi connectivity index (χ4v) is 1.85. The summed E-state index contributed by atoms with van der Waals surface area (Å²) < 4.78 is 1.87. The van der Waals surface area contributed by atoms with E-state index >= 15 is 0 Å². The number of hydrogen-bond donors (Lipinski definition) is 1. The smallest absolute Gasteiger partial charge is 0.120 e. The highest BCUT2D eigenvalue weighted by Crippen LogP contribution is 2.28. The van der Waals surface area contributed by atoms with Gasteiger partial charge in [-0.3, -0.25) is 0 Å². The predicted molar refractivity (Wildman–Crippen MR) is 57.1 cm³/mol. The average Bonchev–Trinajstić information content (AvgIpc) is 2.08. The van der Waals surface area contributed by atoms with Crippen LogP contribution in [0.5, 0.6) is 0 Å². The molecule has 1 heterocycles. The molecule has 0 aliphatic carbocycles. The molecule has 0 amide bonds. The van der Waals surface area contributed by atoms with Crippen molar-refractivity contribution in [1.29, 1.82) is 0 Å². The molecule has 0 unspecified atom stereocenters. The zero-order valence-electron chi connectivity index (χ0n) is 6.94. The summed E-state index contributed by atoms with van der Waals surface area (Å²) in [5.74, 6) is 0. The van der Waals surface area contributed by atoms with Gasteiger partial charge in [-0.1, -0.05) is 0 Å². The summed E-state index contributed by atoms with van der Waals surface area (Å²) in [4.78, 5) is 4.10.